The molecule has 4 nitrogen and oxygen atoms in total. The van der Waals surface area contributed by atoms with E-state index in [9.17, 15) is 4.79 Å². The molecule has 2 rings (SSSR count). The molecule has 92 valence electrons. The highest BCUT2D eigenvalue weighted by atomic mass is 35.5. The van der Waals surface area contributed by atoms with E-state index in [2.05, 4.69) is 0 Å². The van der Waals surface area contributed by atoms with Gasteiger partial charge in [0.25, 0.3) is 0 Å². The van der Waals surface area contributed by atoms with Crippen LogP contribution in [0.4, 0.5) is 5.69 Å². The lowest BCUT2D eigenvalue weighted by Crippen LogP contribution is -2.50. The summed E-state index contributed by atoms with van der Waals surface area (Å²) in [6.07, 6.45) is 0. The van der Waals surface area contributed by atoms with Gasteiger partial charge >= 0.3 is 5.97 Å². The van der Waals surface area contributed by atoms with Crippen LogP contribution in [0.2, 0.25) is 5.02 Å². The van der Waals surface area contributed by atoms with Crippen LogP contribution in [-0.4, -0.2) is 36.9 Å². The molecule has 17 heavy (non-hydrogen) atoms. The number of aliphatic carboxylic acids is 1. The number of nitrogens with zero attached hydrogens (tertiary/aromatic N) is 1. The molecule has 1 aromatic rings. The first-order chi connectivity index (χ1) is 8.09. The summed E-state index contributed by atoms with van der Waals surface area (Å²) in [6.45, 7) is 3.23. The van der Waals surface area contributed by atoms with Crippen LogP contribution in [0, 0.1) is 6.92 Å². The van der Waals surface area contributed by atoms with Gasteiger partial charge in [-0.25, -0.2) is 4.79 Å². The predicted molar refractivity (Wildman–Crippen MR) is 65.8 cm³/mol. The van der Waals surface area contributed by atoms with Crippen LogP contribution in [0.15, 0.2) is 18.2 Å². The number of carboxylic acid groups (broad SMARTS) is 1. The first-order valence-electron chi connectivity index (χ1n) is 5.43. The zero-order chi connectivity index (χ0) is 12.4. The fourth-order valence-electron chi connectivity index (χ4n) is 1.88. The quantitative estimate of drug-likeness (QED) is 0.878. The van der Waals surface area contributed by atoms with E-state index in [4.69, 9.17) is 21.4 Å². The molecule has 0 saturated carbocycles. The third kappa shape index (κ3) is 2.53. The molecule has 0 spiro atoms. The average molecular weight is 256 g/mol. The van der Waals surface area contributed by atoms with E-state index in [0.29, 0.717) is 18.2 Å². The van der Waals surface area contributed by atoms with Crippen molar-refractivity contribution in [1.29, 1.82) is 0 Å². The Morgan fingerprint density at radius 2 is 2.35 bits per heavy atom. The zero-order valence-electron chi connectivity index (χ0n) is 9.52. The van der Waals surface area contributed by atoms with Gasteiger partial charge in [0.05, 0.1) is 13.2 Å². The van der Waals surface area contributed by atoms with Crippen molar-refractivity contribution < 1.29 is 14.6 Å². The van der Waals surface area contributed by atoms with Gasteiger partial charge in [0, 0.05) is 17.3 Å². The molecule has 1 N–H and O–H groups in total. The number of ether oxygens (including phenoxy) is 1. The van der Waals surface area contributed by atoms with Crippen LogP contribution in [-0.2, 0) is 9.53 Å². The van der Waals surface area contributed by atoms with Crippen LogP contribution in [0.5, 0.6) is 0 Å². The van der Waals surface area contributed by atoms with Crippen molar-refractivity contribution >= 4 is 23.3 Å². The molecule has 1 atom stereocenters. The van der Waals surface area contributed by atoms with Gasteiger partial charge in [-0.2, -0.15) is 0 Å². The SMILES string of the molecule is Cc1ccc(N2CCOCC2C(=O)O)cc1Cl. The van der Waals surface area contributed by atoms with Crippen molar-refractivity contribution in [2.45, 2.75) is 13.0 Å². The average Bonchev–Trinajstić information content (AvgIpc) is 2.32. The number of aryl methyl sites for hydroxylation is 1. The smallest absolute Gasteiger partial charge is 0.328 e. The van der Waals surface area contributed by atoms with Crippen LogP contribution in [0.3, 0.4) is 0 Å². The molecule has 0 aromatic heterocycles. The Morgan fingerprint density at radius 3 is 3.00 bits per heavy atom. The number of hydrogen-bond donors (Lipinski definition) is 1. The Hall–Kier alpha value is -1.26. The molecule has 0 bridgehead atoms. The van der Waals surface area contributed by atoms with Gasteiger partial charge < -0.3 is 14.7 Å². The fraction of sp³-hybridized carbons (Fsp3) is 0.417. The summed E-state index contributed by atoms with van der Waals surface area (Å²) in [5.41, 5.74) is 1.81. The minimum atomic E-state index is -0.874. The number of anilines is 1. The lowest BCUT2D eigenvalue weighted by molar-refractivity contribution is -0.141. The normalized spacial score (nSPS) is 20.4. The third-order valence-electron chi connectivity index (χ3n) is 2.90. The topological polar surface area (TPSA) is 49.8 Å². The van der Waals surface area contributed by atoms with E-state index >= 15 is 0 Å². The monoisotopic (exact) mass is 255 g/mol. The molecule has 1 unspecified atom stereocenters. The number of hydrogen-bond acceptors (Lipinski definition) is 3. The van der Waals surface area contributed by atoms with E-state index in [1.165, 1.54) is 0 Å². The first kappa shape index (κ1) is 12.2. The highest BCUT2D eigenvalue weighted by Crippen LogP contribution is 2.25. The van der Waals surface area contributed by atoms with Gasteiger partial charge in [0.1, 0.15) is 0 Å². The predicted octanol–water partition coefficient (Wildman–Crippen LogP) is 1.94. The number of halogens is 1. The van der Waals surface area contributed by atoms with Gasteiger partial charge in [-0.05, 0) is 24.6 Å². The maximum atomic E-state index is 11.1. The summed E-state index contributed by atoms with van der Waals surface area (Å²) in [5, 5.41) is 9.79. The maximum Gasteiger partial charge on any atom is 0.328 e. The van der Waals surface area contributed by atoms with Crippen molar-refractivity contribution in [2.24, 2.45) is 0 Å². The van der Waals surface area contributed by atoms with E-state index in [0.717, 1.165) is 11.3 Å². The molecule has 0 aliphatic carbocycles. The number of benzene rings is 1. The molecule has 1 aliphatic rings. The fourth-order valence-corrected chi connectivity index (χ4v) is 2.05. The second-order valence-electron chi connectivity index (χ2n) is 4.06. The van der Waals surface area contributed by atoms with E-state index < -0.39 is 12.0 Å². The van der Waals surface area contributed by atoms with Gasteiger partial charge in [-0.15, -0.1) is 0 Å². The molecule has 1 saturated heterocycles. The Bertz CT molecular complexity index is 436. The van der Waals surface area contributed by atoms with Crippen LogP contribution in [0.25, 0.3) is 0 Å². The molecule has 1 aromatic carbocycles. The van der Waals surface area contributed by atoms with Gasteiger partial charge in [0.2, 0.25) is 0 Å². The van der Waals surface area contributed by atoms with Crippen LogP contribution in [0.1, 0.15) is 5.56 Å². The summed E-state index contributed by atoms with van der Waals surface area (Å²) in [4.78, 5) is 13.0. The molecule has 1 fully saturated rings. The maximum absolute atomic E-state index is 11.1. The Kier molecular flexibility index (Phi) is 3.54. The van der Waals surface area contributed by atoms with Crippen LogP contribution >= 0.6 is 11.6 Å². The first-order valence-corrected chi connectivity index (χ1v) is 5.81. The lowest BCUT2D eigenvalue weighted by Gasteiger charge is -2.34. The van der Waals surface area contributed by atoms with Gasteiger partial charge in [0.15, 0.2) is 6.04 Å². The summed E-state index contributed by atoms with van der Waals surface area (Å²) in [7, 11) is 0. The summed E-state index contributed by atoms with van der Waals surface area (Å²) >= 11 is 6.06. The zero-order valence-corrected chi connectivity index (χ0v) is 10.3. The minimum Gasteiger partial charge on any atom is -0.480 e. The second kappa shape index (κ2) is 4.94. The highest BCUT2D eigenvalue weighted by molar-refractivity contribution is 6.31. The standard InChI is InChI=1S/C12H14ClNO3/c1-8-2-3-9(6-10(8)13)14-4-5-17-7-11(14)12(15)16/h2-3,6,11H,4-5,7H2,1H3,(H,15,16). The molecule has 0 radical (unpaired) electrons. The second-order valence-corrected chi connectivity index (χ2v) is 4.46. The van der Waals surface area contributed by atoms with Crippen LogP contribution < -0.4 is 4.90 Å². The number of morpholine rings is 1. The third-order valence-corrected chi connectivity index (χ3v) is 3.31. The van der Waals surface area contributed by atoms with Crippen molar-refractivity contribution in [1.82, 2.24) is 0 Å². The highest BCUT2D eigenvalue weighted by Gasteiger charge is 2.29. The molecular weight excluding hydrogens is 242 g/mol. The minimum absolute atomic E-state index is 0.209. The molecule has 0 amide bonds. The summed E-state index contributed by atoms with van der Waals surface area (Å²) < 4.78 is 5.19. The van der Waals surface area contributed by atoms with Gasteiger partial charge in [-0.1, -0.05) is 17.7 Å². The molecule has 1 aliphatic heterocycles. The Morgan fingerprint density at radius 1 is 1.59 bits per heavy atom. The number of carbonyl (C=O) groups is 1. The lowest BCUT2D eigenvalue weighted by atomic mass is 10.1. The van der Waals surface area contributed by atoms with Crippen molar-refractivity contribution in [3.63, 3.8) is 0 Å². The van der Waals surface area contributed by atoms with E-state index in [1.54, 1.807) is 6.07 Å². The van der Waals surface area contributed by atoms with Crippen molar-refractivity contribution in [3.8, 4) is 0 Å². The summed E-state index contributed by atoms with van der Waals surface area (Å²) in [5.74, 6) is -0.874. The van der Waals surface area contributed by atoms with Crippen molar-refractivity contribution in [3.05, 3.63) is 28.8 Å². The molecule has 5 heteroatoms. The molecular formula is C12H14ClNO3. The van der Waals surface area contributed by atoms with E-state index in [1.807, 2.05) is 24.0 Å². The molecule has 1 heterocycles. The van der Waals surface area contributed by atoms with Gasteiger partial charge in [-0.3, -0.25) is 0 Å². The summed E-state index contributed by atoms with van der Waals surface area (Å²) in [6, 6.07) is 4.95. The Balaban J connectivity index is 2.29. The van der Waals surface area contributed by atoms with Crippen molar-refractivity contribution in [2.75, 3.05) is 24.7 Å². The Labute approximate surface area is 105 Å². The largest absolute Gasteiger partial charge is 0.480 e. The van der Waals surface area contributed by atoms with E-state index in [-0.39, 0.29) is 6.61 Å². The number of rotatable bonds is 2. The number of carboxylic acids is 1.